The van der Waals surface area contributed by atoms with Gasteiger partial charge in [0.25, 0.3) is 5.71 Å². The Kier molecular flexibility index (Phi) is 3.88. The lowest BCUT2D eigenvalue weighted by atomic mass is 10.1. The molecule has 0 spiro atoms. The minimum atomic E-state index is -0.347. The summed E-state index contributed by atoms with van der Waals surface area (Å²) >= 11 is 0. The van der Waals surface area contributed by atoms with Gasteiger partial charge in [0.2, 0.25) is 5.89 Å². The zero-order valence-corrected chi connectivity index (χ0v) is 14.6. The van der Waals surface area contributed by atoms with Crippen LogP contribution in [-0.4, -0.2) is 15.0 Å². The third kappa shape index (κ3) is 3.13. The number of hydrogen-bond acceptors (Lipinski definition) is 5. The van der Waals surface area contributed by atoms with Gasteiger partial charge in [0.1, 0.15) is 17.1 Å². The van der Waals surface area contributed by atoms with Gasteiger partial charge in [0.05, 0.1) is 6.20 Å². The lowest BCUT2D eigenvalue weighted by Gasteiger charge is -2.04. The first-order valence-corrected chi connectivity index (χ1v) is 8.14. The fourth-order valence-corrected chi connectivity index (χ4v) is 2.73. The highest BCUT2D eigenvalue weighted by atomic mass is 19.1. The number of ether oxygens (including phenoxy) is 1. The summed E-state index contributed by atoms with van der Waals surface area (Å²) in [5.74, 6) is 0.446. The summed E-state index contributed by atoms with van der Waals surface area (Å²) in [7, 11) is 0. The van der Waals surface area contributed by atoms with Crippen LogP contribution in [0.5, 0.6) is 11.8 Å². The SMILES string of the molecule is Cc1cc(C)cc(-c2nc3cnc(Oc4ccc(C)c(F)c4)nc3o2)c1. The van der Waals surface area contributed by atoms with Gasteiger partial charge in [-0.3, -0.25) is 0 Å². The third-order valence-electron chi connectivity index (χ3n) is 3.95. The second-order valence-corrected chi connectivity index (χ2v) is 6.25. The standard InChI is InChI=1S/C20H16FN3O2/c1-11-6-12(2)8-14(7-11)18-23-17-10-22-20(24-19(17)26-18)25-15-5-4-13(3)16(21)9-15/h4-10H,1-3H3. The maximum absolute atomic E-state index is 13.6. The quantitative estimate of drug-likeness (QED) is 0.512. The van der Waals surface area contributed by atoms with Crippen LogP contribution in [0.25, 0.3) is 22.7 Å². The van der Waals surface area contributed by atoms with Gasteiger partial charge in [0.15, 0.2) is 0 Å². The Balaban J connectivity index is 1.68. The van der Waals surface area contributed by atoms with Crippen LogP contribution in [0.2, 0.25) is 0 Å². The van der Waals surface area contributed by atoms with Crippen molar-refractivity contribution in [1.29, 1.82) is 0 Å². The molecule has 2 heterocycles. The van der Waals surface area contributed by atoms with E-state index >= 15 is 0 Å². The van der Waals surface area contributed by atoms with E-state index < -0.39 is 0 Å². The largest absolute Gasteiger partial charge is 0.424 e. The minimum Gasteiger partial charge on any atom is -0.424 e. The molecule has 2 aromatic heterocycles. The third-order valence-corrected chi connectivity index (χ3v) is 3.95. The molecule has 0 aliphatic heterocycles. The number of aryl methyl sites for hydroxylation is 3. The summed E-state index contributed by atoms with van der Waals surface area (Å²) < 4.78 is 24.9. The van der Waals surface area contributed by atoms with Crippen LogP contribution in [0.15, 0.2) is 47.0 Å². The van der Waals surface area contributed by atoms with E-state index in [9.17, 15) is 4.39 Å². The van der Waals surface area contributed by atoms with E-state index in [1.165, 1.54) is 12.3 Å². The molecule has 0 N–H and O–H groups in total. The molecule has 2 aromatic carbocycles. The lowest BCUT2D eigenvalue weighted by molar-refractivity contribution is 0.436. The molecule has 4 rings (SSSR count). The molecule has 0 atom stereocenters. The highest BCUT2D eigenvalue weighted by Gasteiger charge is 2.13. The second kappa shape index (κ2) is 6.22. The van der Waals surface area contributed by atoms with Gasteiger partial charge < -0.3 is 9.15 Å². The van der Waals surface area contributed by atoms with Gasteiger partial charge in [-0.05, 0) is 44.5 Å². The zero-order valence-electron chi connectivity index (χ0n) is 14.6. The van der Waals surface area contributed by atoms with E-state index in [0.29, 0.717) is 28.4 Å². The maximum Gasteiger partial charge on any atom is 0.325 e. The molecule has 0 saturated heterocycles. The summed E-state index contributed by atoms with van der Waals surface area (Å²) in [5.41, 5.74) is 4.52. The Morgan fingerprint density at radius 2 is 1.73 bits per heavy atom. The van der Waals surface area contributed by atoms with Crippen molar-refractivity contribution in [3.63, 3.8) is 0 Å². The summed E-state index contributed by atoms with van der Waals surface area (Å²) in [6.07, 6.45) is 1.53. The number of benzene rings is 2. The first-order chi connectivity index (χ1) is 12.5. The van der Waals surface area contributed by atoms with Crippen molar-refractivity contribution in [2.45, 2.75) is 20.8 Å². The van der Waals surface area contributed by atoms with E-state index in [4.69, 9.17) is 9.15 Å². The van der Waals surface area contributed by atoms with Crippen molar-refractivity contribution >= 4 is 11.2 Å². The molecule has 5 nitrogen and oxygen atoms in total. The van der Waals surface area contributed by atoms with E-state index in [1.807, 2.05) is 26.0 Å². The van der Waals surface area contributed by atoms with Crippen LogP contribution >= 0.6 is 0 Å². The van der Waals surface area contributed by atoms with Gasteiger partial charge in [0, 0.05) is 11.6 Å². The topological polar surface area (TPSA) is 61.0 Å². The Morgan fingerprint density at radius 3 is 2.46 bits per heavy atom. The number of hydrogen-bond donors (Lipinski definition) is 0. The van der Waals surface area contributed by atoms with E-state index in [2.05, 4.69) is 21.0 Å². The molecule has 0 aliphatic carbocycles. The molecule has 0 amide bonds. The number of rotatable bonds is 3. The van der Waals surface area contributed by atoms with Crippen LogP contribution < -0.4 is 4.74 Å². The number of halogens is 1. The van der Waals surface area contributed by atoms with Gasteiger partial charge in [-0.2, -0.15) is 4.98 Å². The van der Waals surface area contributed by atoms with Gasteiger partial charge >= 0.3 is 6.01 Å². The predicted molar refractivity (Wildman–Crippen MR) is 95.7 cm³/mol. The summed E-state index contributed by atoms with van der Waals surface area (Å²) in [6, 6.07) is 10.7. The Bertz CT molecular complexity index is 1100. The van der Waals surface area contributed by atoms with Crippen LogP contribution in [0.4, 0.5) is 4.39 Å². The molecule has 0 radical (unpaired) electrons. The molecule has 26 heavy (non-hydrogen) atoms. The van der Waals surface area contributed by atoms with Gasteiger partial charge in [-0.1, -0.05) is 23.3 Å². The van der Waals surface area contributed by atoms with Crippen LogP contribution in [0, 0.1) is 26.6 Å². The molecule has 130 valence electrons. The Morgan fingerprint density at radius 1 is 0.962 bits per heavy atom. The van der Waals surface area contributed by atoms with Crippen molar-refractivity contribution in [3.8, 4) is 23.2 Å². The number of fused-ring (bicyclic) bond motifs is 1. The van der Waals surface area contributed by atoms with E-state index in [-0.39, 0.29) is 11.8 Å². The molecule has 0 unspecified atom stereocenters. The maximum atomic E-state index is 13.6. The molecular formula is C20H16FN3O2. The summed E-state index contributed by atoms with van der Waals surface area (Å²) in [6.45, 7) is 5.72. The highest BCUT2D eigenvalue weighted by molar-refractivity contribution is 5.72. The Hall–Kier alpha value is -3.28. The van der Waals surface area contributed by atoms with Gasteiger partial charge in [-0.25, -0.2) is 14.4 Å². The summed E-state index contributed by atoms with van der Waals surface area (Å²) in [4.78, 5) is 12.8. The average molecular weight is 349 g/mol. The predicted octanol–water partition coefficient (Wildman–Crippen LogP) is 5.14. The van der Waals surface area contributed by atoms with Gasteiger partial charge in [-0.15, -0.1) is 0 Å². The van der Waals surface area contributed by atoms with Crippen molar-refractivity contribution in [2.75, 3.05) is 0 Å². The smallest absolute Gasteiger partial charge is 0.325 e. The zero-order chi connectivity index (χ0) is 18.3. The first-order valence-electron chi connectivity index (χ1n) is 8.14. The minimum absolute atomic E-state index is 0.0730. The molecular weight excluding hydrogens is 333 g/mol. The number of aromatic nitrogens is 3. The fourth-order valence-electron chi connectivity index (χ4n) is 2.73. The molecule has 0 fully saturated rings. The number of oxazole rings is 1. The first kappa shape index (κ1) is 16.2. The molecule has 0 aliphatic rings. The monoisotopic (exact) mass is 349 g/mol. The molecule has 4 aromatic rings. The van der Waals surface area contributed by atoms with Crippen LogP contribution in [0.1, 0.15) is 16.7 Å². The van der Waals surface area contributed by atoms with E-state index in [1.54, 1.807) is 19.1 Å². The second-order valence-electron chi connectivity index (χ2n) is 6.25. The Labute approximate surface area is 149 Å². The van der Waals surface area contributed by atoms with Crippen molar-refractivity contribution in [2.24, 2.45) is 0 Å². The molecule has 6 heteroatoms. The van der Waals surface area contributed by atoms with Crippen LogP contribution in [-0.2, 0) is 0 Å². The average Bonchev–Trinajstić information content (AvgIpc) is 3.01. The lowest BCUT2D eigenvalue weighted by Crippen LogP contribution is -1.92. The normalized spacial score (nSPS) is 11.1. The van der Waals surface area contributed by atoms with Crippen LogP contribution in [0.3, 0.4) is 0 Å². The number of nitrogens with zero attached hydrogens (tertiary/aromatic N) is 3. The molecule has 0 bridgehead atoms. The van der Waals surface area contributed by atoms with Crippen molar-refractivity contribution in [3.05, 3.63) is 65.1 Å². The van der Waals surface area contributed by atoms with Crippen molar-refractivity contribution < 1.29 is 13.5 Å². The highest BCUT2D eigenvalue weighted by Crippen LogP contribution is 2.27. The molecule has 0 saturated carbocycles. The fraction of sp³-hybridized carbons (Fsp3) is 0.150. The summed E-state index contributed by atoms with van der Waals surface area (Å²) in [5, 5.41) is 0. The van der Waals surface area contributed by atoms with E-state index in [0.717, 1.165) is 16.7 Å². The van der Waals surface area contributed by atoms with Crippen molar-refractivity contribution in [1.82, 2.24) is 15.0 Å².